The van der Waals surface area contributed by atoms with E-state index in [1.165, 1.54) is 0 Å². The van der Waals surface area contributed by atoms with Crippen LogP contribution in [0.15, 0.2) is 0 Å². The zero-order valence-corrected chi connectivity index (χ0v) is 11.6. The molecular weight excluding hydrogens is 224 g/mol. The van der Waals surface area contributed by atoms with Crippen LogP contribution in [-0.2, 0) is 4.74 Å². The van der Waals surface area contributed by atoms with Crippen LogP contribution in [0.1, 0.15) is 54.4 Å². The molecule has 0 aliphatic heterocycles. The molecule has 0 atom stereocenters. The Bertz CT molecular complexity index is 230. The van der Waals surface area contributed by atoms with Gasteiger partial charge in [0.05, 0.1) is 0 Å². The summed E-state index contributed by atoms with van der Waals surface area (Å²) in [5, 5.41) is 39.4. The average Bonchev–Trinajstić information content (AvgIpc) is 2.15. The molecule has 0 saturated heterocycles. The third-order valence-electron chi connectivity index (χ3n) is 3.82. The van der Waals surface area contributed by atoms with Crippen LogP contribution in [0, 0.1) is 10.8 Å². The van der Waals surface area contributed by atoms with Crippen LogP contribution < -0.4 is 0 Å². The van der Waals surface area contributed by atoms with Crippen molar-refractivity contribution in [3.05, 3.63) is 0 Å². The fourth-order valence-electron chi connectivity index (χ4n) is 0.935. The predicted octanol–water partition coefficient (Wildman–Crippen LogP) is 1.15. The fourth-order valence-corrected chi connectivity index (χ4v) is 0.935. The fraction of sp³-hybridized carbons (Fsp3) is 1.00. The van der Waals surface area contributed by atoms with Crippen molar-refractivity contribution in [2.75, 3.05) is 0 Å². The molecule has 104 valence electrons. The van der Waals surface area contributed by atoms with Crippen molar-refractivity contribution in [1.29, 1.82) is 0 Å². The number of ether oxygens (including phenoxy) is 1. The zero-order valence-electron chi connectivity index (χ0n) is 11.6. The van der Waals surface area contributed by atoms with Crippen molar-refractivity contribution in [2.45, 2.75) is 66.3 Å². The minimum Gasteiger partial charge on any atom is -0.343 e. The maximum absolute atomic E-state index is 9.85. The molecule has 0 aromatic carbocycles. The summed E-state index contributed by atoms with van der Waals surface area (Å²) in [5.74, 6) is -5.23. The van der Waals surface area contributed by atoms with Crippen molar-refractivity contribution in [3.8, 4) is 0 Å². The second kappa shape index (κ2) is 4.82. The van der Waals surface area contributed by atoms with Gasteiger partial charge in [-0.3, -0.25) is 4.74 Å². The topological polar surface area (TPSA) is 90.2 Å². The number of hydrogen-bond donors (Lipinski definition) is 4. The Balaban J connectivity index is 5.07. The Morgan fingerprint density at radius 2 is 0.941 bits per heavy atom. The van der Waals surface area contributed by atoms with E-state index in [4.69, 9.17) is 4.74 Å². The first-order valence-corrected chi connectivity index (χ1v) is 5.92. The molecule has 0 aromatic heterocycles. The molecule has 5 heteroatoms. The minimum atomic E-state index is -2.61. The summed E-state index contributed by atoms with van der Waals surface area (Å²) in [5.41, 5.74) is -2.04. The van der Waals surface area contributed by atoms with Crippen molar-refractivity contribution < 1.29 is 25.2 Å². The molecule has 0 bridgehead atoms. The summed E-state index contributed by atoms with van der Waals surface area (Å²) in [6, 6.07) is 0. The first-order chi connectivity index (χ1) is 7.33. The minimum absolute atomic E-state index is 0.405. The molecule has 0 aliphatic rings. The van der Waals surface area contributed by atoms with E-state index < -0.39 is 22.8 Å². The zero-order chi connectivity index (χ0) is 14.1. The maximum atomic E-state index is 9.85. The van der Waals surface area contributed by atoms with Crippen LogP contribution in [0.4, 0.5) is 0 Å². The van der Waals surface area contributed by atoms with E-state index in [0.717, 1.165) is 0 Å². The van der Waals surface area contributed by atoms with Gasteiger partial charge >= 0.3 is 0 Å². The number of rotatable bonds is 6. The van der Waals surface area contributed by atoms with Crippen LogP contribution in [0.3, 0.4) is 0 Å². The second-order valence-corrected chi connectivity index (χ2v) is 5.79. The first kappa shape index (κ1) is 16.8. The molecule has 0 aliphatic carbocycles. The molecule has 0 spiro atoms. The van der Waals surface area contributed by atoms with Gasteiger partial charge in [-0.25, -0.2) is 0 Å². The lowest BCUT2D eigenvalue weighted by atomic mass is 9.84. The molecule has 0 radical (unpaired) electrons. The number of hydrogen-bond acceptors (Lipinski definition) is 5. The van der Waals surface area contributed by atoms with E-state index in [0.29, 0.717) is 12.8 Å². The lowest BCUT2D eigenvalue weighted by Crippen LogP contribution is -2.58. The van der Waals surface area contributed by atoms with Gasteiger partial charge in [0.2, 0.25) is 0 Å². The number of aliphatic hydroxyl groups is 4. The highest BCUT2D eigenvalue weighted by atomic mass is 16.9. The molecule has 0 saturated carbocycles. The highest BCUT2D eigenvalue weighted by Gasteiger charge is 2.53. The second-order valence-electron chi connectivity index (χ2n) is 5.79. The Morgan fingerprint density at radius 1 is 0.706 bits per heavy atom. The van der Waals surface area contributed by atoms with Gasteiger partial charge in [-0.2, -0.15) is 0 Å². The van der Waals surface area contributed by atoms with E-state index in [2.05, 4.69) is 0 Å². The highest BCUT2D eigenvalue weighted by molar-refractivity contribution is 4.81. The Morgan fingerprint density at radius 3 is 1.12 bits per heavy atom. The highest BCUT2D eigenvalue weighted by Crippen LogP contribution is 2.41. The van der Waals surface area contributed by atoms with E-state index >= 15 is 0 Å². The molecule has 5 nitrogen and oxygen atoms in total. The van der Waals surface area contributed by atoms with Crippen LogP contribution >= 0.6 is 0 Å². The standard InChI is InChI=1S/C12H26O5/c1-7-9(3,4)11(13,14)17-12(15,16)10(5,6)8-2/h13-16H,7-8H2,1-6H3. The van der Waals surface area contributed by atoms with E-state index in [-0.39, 0.29) is 0 Å². The molecule has 0 aromatic rings. The molecule has 0 heterocycles. The molecule has 0 amide bonds. The summed E-state index contributed by atoms with van der Waals surface area (Å²) < 4.78 is 4.76. The van der Waals surface area contributed by atoms with Gasteiger partial charge in [0.1, 0.15) is 0 Å². The van der Waals surface area contributed by atoms with E-state index in [1.54, 1.807) is 41.5 Å². The molecular formula is C12H26O5. The Kier molecular flexibility index (Phi) is 4.76. The first-order valence-electron chi connectivity index (χ1n) is 5.92. The molecule has 0 fully saturated rings. The summed E-state index contributed by atoms with van der Waals surface area (Å²) in [4.78, 5) is 0. The molecule has 17 heavy (non-hydrogen) atoms. The van der Waals surface area contributed by atoms with Gasteiger partial charge in [-0.05, 0) is 12.8 Å². The lowest BCUT2D eigenvalue weighted by Gasteiger charge is -2.45. The van der Waals surface area contributed by atoms with Gasteiger partial charge in [0, 0.05) is 10.8 Å². The largest absolute Gasteiger partial charge is 0.343 e. The summed E-state index contributed by atoms with van der Waals surface area (Å²) in [6.07, 6.45) is 0.811. The van der Waals surface area contributed by atoms with Gasteiger partial charge in [0.25, 0.3) is 11.9 Å². The van der Waals surface area contributed by atoms with Gasteiger partial charge in [-0.15, -0.1) is 0 Å². The summed E-state index contributed by atoms with van der Waals surface area (Å²) in [7, 11) is 0. The van der Waals surface area contributed by atoms with Gasteiger partial charge in [-0.1, -0.05) is 41.5 Å². The SMILES string of the molecule is CCC(C)(C)C(O)(O)OC(O)(O)C(C)(C)CC. The monoisotopic (exact) mass is 250 g/mol. The van der Waals surface area contributed by atoms with Crippen molar-refractivity contribution in [2.24, 2.45) is 10.8 Å². The van der Waals surface area contributed by atoms with Crippen molar-refractivity contribution in [1.82, 2.24) is 0 Å². The summed E-state index contributed by atoms with van der Waals surface area (Å²) >= 11 is 0. The predicted molar refractivity (Wildman–Crippen MR) is 63.6 cm³/mol. The van der Waals surface area contributed by atoms with Crippen LogP contribution in [0.5, 0.6) is 0 Å². The van der Waals surface area contributed by atoms with Crippen molar-refractivity contribution >= 4 is 0 Å². The van der Waals surface area contributed by atoms with Gasteiger partial charge in [0.15, 0.2) is 0 Å². The van der Waals surface area contributed by atoms with Crippen LogP contribution in [-0.4, -0.2) is 32.4 Å². The molecule has 0 rings (SSSR count). The van der Waals surface area contributed by atoms with E-state index in [1.807, 2.05) is 0 Å². The Labute approximate surface area is 103 Å². The van der Waals surface area contributed by atoms with Crippen LogP contribution in [0.25, 0.3) is 0 Å². The van der Waals surface area contributed by atoms with Gasteiger partial charge < -0.3 is 20.4 Å². The quantitative estimate of drug-likeness (QED) is 0.531. The average molecular weight is 250 g/mol. The Hall–Kier alpha value is -0.200. The summed E-state index contributed by atoms with van der Waals surface area (Å²) in [6.45, 7) is 9.80. The van der Waals surface area contributed by atoms with Crippen molar-refractivity contribution in [3.63, 3.8) is 0 Å². The third-order valence-corrected chi connectivity index (χ3v) is 3.82. The van der Waals surface area contributed by atoms with Crippen LogP contribution in [0.2, 0.25) is 0 Å². The van der Waals surface area contributed by atoms with E-state index in [9.17, 15) is 20.4 Å². The molecule has 4 N–H and O–H groups in total. The normalized spacial score (nSPS) is 15.2. The smallest absolute Gasteiger partial charge is 0.287 e. The lowest BCUT2D eigenvalue weighted by molar-refractivity contribution is -0.519. The maximum Gasteiger partial charge on any atom is 0.287 e. The molecule has 0 unspecified atom stereocenters. The third kappa shape index (κ3) is 3.39.